The number of amides is 1. The molecule has 0 radical (unpaired) electrons. The van der Waals surface area contributed by atoms with Crippen LogP contribution in [0.2, 0.25) is 5.02 Å². The average Bonchev–Trinajstić information content (AvgIpc) is 3.63. The molecular formula is C22H17ClF2N10O. The molecule has 0 spiro atoms. The summed E-state index contributed by atoms with van der Waals surface area (Å²) >= 11 is 6.34. The number of fused-ring (bicyclic) bond motifs is 3. The van der Waals surface area contributed by atoms with E-state index in [-0.39, 0.29) is 16.6 Å². The van der Waals surface area contributed by atoms with Gasteiger partial charge in [0.2, 0.25) is 11.7 Å². The first-order chi connectivity index (χ1) is 17.3. The molecule has 5 aromatic heterocycles. The normalized spacial score (nSPS) is 19.1. The molecule has 0 aliphatic heterocycles. The Hall–Kier alpha value is -4.26. The summed E-state index contributed by atoms with van der Waals surface area (Å²) in [6.45, 7) is 1.89. The second kappa shape index (κ2) is 7.88. The standard InChI is InChI=1S/C22H17ClF2N10O/c1-22(11-7-30-33(2)10-11)6-13(14-9-27-20-16(24)18(25)32-34(20)17(14)22)21(36)31-12-5-15(23)19(26-8-12)35-28-3-4-29-35/h3-5,7-10,13H,6H2,1-2H3,(H,31,36)/t13-,22-/m1/s1. The Balaban J connectivity index is 1.40. The highest BCUT2D eigenvalue weighted by molar-refractivity contribution is 6.32. The van der Waals surface area contributed by atoms with Gasteiger partial charge in [0.25, 0.3) is 5.95 Å². The number of anilines is 1. The smallest absolute Gasteiger partial charge is 0.271 e. The number of carbonyl (C=O) groups is 1. The van der Waals surface area contributed by atoms with Crippen molar-refractivity contribution in [2.24, 2.45) is 7.05 Å². The third kappa shape index (κ3) is 3.26. The lowest BCUT2D eigenvalue weighted by Gasteiger charge is -2.24. The topological polar surface area (TPSA) is 121 Å². The van der Waals surface area contributed by atoms with Crippen molar-refractivity contribution in [3.05, 3.63) is 76.9 Å². The van der Waals surface area contributed by atoms with Gasteiger partial charge in [-0.1, -0.05) is 11.6 Å². The lowest BCUT2D eigenvalue weighted by Crippen LogP contribution is -2.25. The molecule has 6 rings (SSSR count). The maximum absolute atomic E-state index is 14.4. The molecule has 1 aliphatic rings. The Morgan fingerprint density at radius 1 is 1.17 bits per heavy atom. The molecule has 11 nitrogen and oxygen atoms in total. The van der Waals surface area contributed by atoms with Crippen molar-refractivity contribution in [1.29, 1.82) is 0 Å². The van der Waals surface area contributed by atoms with Crippen molar-refractivity contribution >= 4 is 28.8 Å². The minimum atomic E-state index is -1.26. The summed E-state index contributed by atoms with van der Waals surface area (Å²) in [6, 6.07) is 1.54. The van der Waals surface area contributed by atoms with Crippen LogP contribution in [0.3, 0.4) is 0 Å². The molecule has 14 heteroatoms. The van der Waals surface area contributed by atoms with E-state index in [1.807, 2.05) is 6.92 Å². The van der Waals surface area contributed by atoms with Crippen LogP contribution in [0.5, 0.6) is 0 Å². The van der Waals surface area contributed by atoms with Gasteiger partial charge in [-0.15, -0.1) is 9.90 Å². The Morgan fingerprint density at radius 2 is 1.94 bits per heavy atom. The van der Waals surface area contributed by atoms with E-state index in [1.54, 1.807) is 30.2 Å². The molecule has 36 heavy (non-hydrogen) atoms. The summed E-state index contributed by atoms with van der Waals surface area (Å²) in [5.74, 6) is -3.16. The van der Waals surface area contributed by atoms with Gasteiger partial charge in [-0.2, -0.15) is 24.1 Å². The van der Waals surface area contributed by atoms with Crippen LogP contribution in [-0.2, 0) is 17.3 Å². The summed E-state index contributed by atoms with van der Waals surface area (Å²) in [7, 11) is 1.77. The van der Waals surface area contributed by atoms with Gasteiger partial charge in [0.1, 0.15) is 0 Å². The molecule has 1 N–H and O–H groups in total. The molecule has 1 aliphatic carbocycles. The predicted molar refractivity (Wildman–Crippen MR) is 123 cm³/mol. The Bertz CT molecular complexity index is 1650. The first-order valence-corrected chi connectivity index (χ1v) is 11.2. The largest absolute Gasteiger partial charge is 0.324 e. The molecule has 0 saturated carbocycles. The van der Waals surface area contributed by atoms with Crippen molar-refractivity contribution in [1.82, 2.24) is 44.4 Å². The van der Waals surface area contributed by atoms with Gasteiger partial charge in [0.15, 0.2) is 11.5 Å². The van der Waals surface area contributed by atoms with E-state index in [4.69, 9.17) is 11.6 Å². The van der Waals surface area contributed by atoms with Gasteiger partial charge >= 0.3 is 0 Å². The van der Waals surface area contributed by atoms with Gasteiger partial charge in [-0.25, -0.2) is 14.5 Å². The fourth-order valence-electron chi connectivity index (χ4n) is 4.76. The molecule has 5 aromatic rings. The van der Waals surface area contributed by atoms with E-state index in [1.165, 1.54) is 29.6 Å². The molecule has 5 heterocycles. The third-order valence-electron chi connectivity index (χ3n) is 6.44. The van der Waals surface area contributed by atoms with Gasteiger partial charge < -0.3 is 5.32 Å². The molecule has 0 saturated heterocycles. The van der Waals surface area contributed by atoms with Crippen molar-refractivity contribution in [2.45, 2.75) is 24.7 Å². The van der Waals surface area contributed by atoms with Crippen molar-refractivity contribution in [3.8, 4) is 5.82 Å². The minimum absolute atomic E-state index is 0.238. The highest BCUT2D eigenvalue weighted by Crippen LogP contribution is 2.50. The molecular weight excluding hydrogens is 494 g/mol. The molecule has 0 bridgehead atoms. The van der Waals surface area contributed by atoms with E-state index in [0.29, 0.717) is 29.2 Å². The number of hydrogen-bond donors (Lipinski definition) is 1. The molecule has 0 unspecified atom stereocenters. The third-order valence-corrected chi connectivity index (χ3v) is 6.72. The number of pyridine rings is 1. The number of carbonyl (C=O) groups excluding carboxylic acids is 1. The second-order valence-electron chi connectivity index (χ2n) is 8.73. The predicted octanol–water partition coefficient (Wildman–Crippen LogP) is 2.80. The van der Waals surface area contributed by atoms with Crippen LogP contribution in [0.25, 0.3) is 11.5 Å². The number of aryl methyl sites for hydroxylation is 1. The van der Waals surface area contributed by atoms with E-state index in [0.717, 1.165) is 10.1 Å². The van der Waals surface area contributed by atoms with Crippen LogP contribution in [-0.4, -0.2) is 50.3 Å². The SMILES string of the molecule is Cn1cc([C@@]2(C)C[C@@H](C(=O)Nc3cnc(-n4nccn4)c(Cl)c3)c3cnc4c(F)c(F)nn4c32)cn1. The molecule has 0 fully saturated rings. The van der Waals surface area contributed by atoms with Gasteiger partial charge in [0.05, 0.1) is 47.1 Å². The van der Waals surface area contributed by atoms with Gasteiger partial charge in [0, 0.05) is 36.0 Å². The monoisotopic (exact) mass is 510 g/mol. The summed E-state index contributed by atoms with van der Waals surface area (Å²) in [5, 5.41) is 19.1. The van der Waals surface area contributed by atoms with Crippen LogP contribution < -0.4 is 5.32 Å². The van der Waals surface area contributed by atoms with Crippen molar-refractivity contribution in [2.75, 3.05) is 5.32 Å². The lowest BCUT2D eigenvalue weighted by atomic mass is 9.80. The van der Waals surface area contributed by atoms with Crippen molar-refractivity contribution in [3.63, 3.8) is 0 Å². The van der Waals surface area contributed by atoms with Crippen LogP contribution >= 0.6 is 11.6 Å². The zero-order valence-electron chi connectivity index (χ0n) is 18.9. The Labute approximate surface area is 206 Å². The van der Waals surface area contributed by atoms with Gasteiger partial charge in [-0.3, -0.25) is 9.48 Å². The fourth-order valence-corrected chi connectivity index (χ4v) is 5.01. The first-order valence-electron chi connectivity index (χ1n) is 10.8. The van der Waals surface area contributed by atoms with Gasteiger partial charge in [-0.05, 0) is 19.4 Å². The average molecular weight is 511 g/mol. The maximum atomic E-state index is 14.4. The van der Waals surface area contributed by atoms with E-state index < -0.39 is 23.1 Å². The Kier molecular flexibility index (Phi) is 4.86. The number of halogens is 3. The number of rotatable bonds is 4. The fraction of sp³-hybridized carbons (Fsp3) is 0.227. The number of nitrogens with zero attached hydrogens (tertiary/aromatic N) is 9. The van der Waals surface area contributed by atoms with E-state index >= 15 is 0 Å². The van der Waals surface area contributed by atoms with E-state index in [9.17, 15) is 13.6 Å². The highest BCUT2D eigenvalue weighted by Gasteiger charge is 2.48. The van der Waals surface area contributed by atoms with Crippen LogP contribution in [0.4, 0.5) is 14.5 Å². The molecule has 2 atom stereocenters. The van der Waals surface area contributed by atoms with Crippen LogP contribution in [0.1, 0.15) is 36.1 Å². The first kappa shape index (κ1) is 22.2. The summed E-state index contributed by atoms with van der Waals surface area (Å²) in [4.78, 5) is 23.1. The summed E-state index contributed by atoms with van der Waals surface area (Å²) < 4.78 is 31.2. The molecule has 182 valence electrons. The lowest BCUT2D eigenvalue weighted by molar-refractivity contribution is -0.117. The highest BCUT2D eigenvalue weighted by atomic mass is 35.5. The number of aromatic nitrogens is 9. The Morgan fingerprint density at radius 3 is 2.64 bits per heavy atom. The zero-order chi connectivity index (χ0) is 25.2. The molecule has 1 amide bonds. The molecule has 0 aromatic carbocycles. The summed E-state index contributed by atoms with van der Waals surface area (Å²) in [5.41, 5.74) is 1.03. The zero-order valence-corrected chi connectivity index (χ0v) is 19.6. The van der Waals surface area contributed by atoms with Crippen LogP contribution in [0.15, 0.2) is 43.2 Å². The number of hydrogen-bond acceptors (Lipinski definition) is 7. The summed E-state index contributed by atoms with van der Waals surface area (Å²) in [6.07, 6.45) is 9.59. The minimum Gasteiger partial charge on any atom is -0.324 e. The van der Waals surface area contributed by atoms with Crippen LogP contribution in [0, 0.1) is 11.8 Å². The van der Waals surface area contributed by atoms with E-state index in [2.05, 4.69) is 35.7 Å². The van der Waals surface area contributed by atoms with Crippen molar-refractivity contribution < 1.29 is 13.6 Å². The maximum Gasteiger partial charge on any atom is 0.271 e. The second-order valence-corrected chi connectivity index (χ2v) is 9.14. The number of nitrogens with one attached hydrogen (secondary N) is 1. The quantitative estimate of drug-likeness (QED) is 0.394.